The monoisotopic (exact) mass is 403 g/mol. The summed E-state index contributed by atoms with van der Waals surface area (Å²) in [6.45, 7) is 3.83. The molecule has 3 nitrogen and oxygen atoms in total. The fraction of sp³-hybridized carbons (Fsp3) is 0.562. The summed E-state index contributed by atoms with van der Waals surface area (Å²) in [5, 5.41) is 6.69. The third kappa shape index (κ3) is 4.56. The number of benzene rings is 1. The topological polar surface area (TPSA) is 36.4 Å². The van der Waals surface area contributed by atoms with Gasteiger partial charge < -0.3 is 10.6 Å². The van der Waals surface area contributed by atoms with Crippen LogP contribution in [-0.2, 0) is 0 Å². The van der Waals surface area contributed by atoms with Crippen LogP contribution in [0.15, 0.2) is 29.3 Å². The van der Waals surface area contributed by atoms with E-state index in [-0.39, 0.29) is 35.7 Å². The van der Waals surface area contributed by atoms with Crippen molar-refractivity contribution in [3.63, 3.8) is 0 Å². The summed E-state index contributed by atoms with van der Waals surface area (Å²) in [5.41, 5.74) is 0.822. The maximum atomic E-state index is 13.7. The second-order valence-corrected chi connectivity index (χ2v) is 5.78. The smallest absolute Gasteiger partial charge is 0.191 e. The molecule has 0 radical (unpaired) electrons. The van der Waals surface area contributed by atoms with E-state index >= 15 is 0 Å². The Morgan fingerprint density at radius 2 is 2.10 bits per heavy atom. The standard InChI is InChI=1S/C16H22FN3.HI/c1-2-18-16(19-10-11-7-8-11)20-15-9-13(15)12-5-3-4-6-14(12)17;/h3-6,11,13,15H,2,7-10H2,1H3,(H2,18,19,20);1H. The van der Waals surface area contributed by atoms with Crippen LogP contribution in [0.2, 0.25) is 0 Å². The third-order valence-corrected chi connectivity index (χ3v) is 3.97. The quantitative estimate of drug-likeness (QED) is 0.450. The SMILES string of the molecule is CCNC(=NCC1CC1)NC1CC1c1ccccc1F.I. The van der Waals surface area contributed by atoms with Crippen LogP contribution in [0.4, 0.5) is 4.39 Å². The van der Waals surface area contributed by atoms with Gasteiger partial charge in [0, 0.05) is 25.0 Å². The maximum Gasteiger partial charge on any atom is 0.191 e. The molecule has 3 rings (SSSR count). The largest absolute Gasteiger partial charge is 0.357 e. The van der Waals surface area contributed by atoms with Crippen LogP contribution in [0, 0.1) is 11.7 Å². The molecule has 2 N–H and O–H groups in total. The van der Waals surface area contributed by atoms with Crippen molar-refractivity contribution >= 4 is 29.9 Å². The molecule has 2 fully saturated rings. The first-order valence-electron chi connectivity index (χ1n) is 7.57. The molecule has 0 bridgehead atoms. The van der Waals surface area contributed by atoms with Crippen LogP contribution >= 0.6 is 24.0 Å². The highest BCUT2D eigenvalue weighted by molar-refractivity contribution is 14.0. The van der Waals surface area contributed by atoms with E-state index in [0.29, 0.717) is 6.04 Å². The van der Waals surface area contributed by atoms with E-state index in [1.54, 1.807) is 6.07 Å². The van der Waals surface area contributed by atoms with E-state index in [1.165, 1.54) is 18.9 Å². The molecule has 0 aliphatic heterocycles. The summed E-state index contributed by atoms with van der Waals surface area (Å²) in [6.07, 6.45) is 3.60. The number of aliphatic imine (C=N–C) groups is 1. The van der Waals surface area contributed by atoms with Crippen molar-refractivity contribution in [1.29, 1.82) is 0 Å². The van der Waals surface area contributed by atoms with Crippen molar-refractivity contribution in [2.75, 3.05) is 13.1 Å². The van der Waals surface area contributed by atoms with Crippen molar-refractivity contribution in [2.45, 2.75) is 38.1 Å². The molecule has 2 saturated carbocycles. The van der Waals surface area contributed by atoms with Gasteiger partial charge in [-0.05, 0) is 43.7 Å². The lowest BCUT2D eigenvalue weighted by atomic mass is 10.1. The van der Waals surface area contributed by atoms with E-state index in [4.69, 9.17) is 0 Å². The van der Waals surface area contributed by atoms with Gasteiger partial charge in [0.25, 0.3) is 0 Å². The maximum absolute atomic E-state index is 13.7. The lowest BCUT2D eigenvalue weighted by Gasteiger charge is -2.11. The molecule has 116 valence electrons. The second-order valence-electron chi connectivity index (χ2n) is 5.78. The number of hydrogen-bond donors (Lipinski definition) is 2. The zero-order valence-electron chi connectivity index (χ0n) is 12.3. The zero-order chi connectivity index (χ0) is 13.9. The first kappa shape index (κ1) is 16.5. The number of nitrogens with one attached hydrogen (secondary N) is 2. The summed E-state index contributed by atoms with van der Waals surface area (Å²) in [4.78, 5) is 4.61. The van der Waals surface area contributed by atoms with Gasteiger partial charge in [-0.1, -0.05) is 18.2 Å². The van der Waals surface area contributed by atoms with E-state index < -0.39 is 0 Å². The number of guanidine groups is 1. The Bertz CT molecular complexity index is 502. The Balaban J connectivity index is 0.00000161. The Kier molecular flexibility index (Phi) is 5.84. The van der Waals surface area contributed by atoms with Crippen molar-refractivity contribution in [3.05, 3.63) is 35.6 Å². The van der Waals surface area contributed by atoms with E-state index in [0.717, 1.165) is 37.0 Å². The predicted octanol–water partition coefficient (Wildman–Crippen LogP) is 3.26. The Hall–Kier alpha value is -0.850. The molecule has 0 saturated heterocycles. The highest BCUT2D eigenvalue weighted by Gasteiger charge is 2.40. The molecule has 0 amide bonds. The molecule has 2 atom stereocenters. The molecular weight excluding hydrogens is 380 g/mol. The summed E-state index contributed by atoms with van der Waals surface area (Å²) in [7, 11) is 0. The van der Waals surface area contributed by atoms with Gasteiger partial charge in [0.1, 0.15) is 5.82 Å². The fourth-order valence-corrected chi connectivity index (χ4v) is 2.49. The molecule has 2 unspecified atom stereocenters. The zero-order valence-corrected chi connectivity index (χ0v) is 14.6. The van der Waals surface area contributed by atoms with Gasteiger partial charge in [-0.3, -0.25) is 4.99 Å². The van der Waals surface area contributed by atoms with E-state index in [1.807, 2.05) is 12.1 Å². The molecular formula is C16H23FIN3. The number of halogens is 2. The second kappa shape index (κ2) is 7.42. The molecule has 2 aliphatic rings. The lowest BCUT2D eigenvalue weighted by Crippen LogP contribution is -2.39. The normalized spacial score (nSPS) is 24.2. The molecule has 21 heavy (non-hydrogen) atoms. The van der Waals surface area contributed by atoms with E-state index in [9.17, 15) is 4.39 Å². The van der Waals surface area contributed by atoms with Gasteiger partial charge in [0.05, 0.1) is 0 Å². The molecule has 1 aromatic rings. The number of rotatable bonds is 5. The third-order valence-electron chi connectivity index (χ3n) is 3.97. The average molecular weight is 403 g/mol. The minimum atomic E-state index is -0.0956. The summed E-state index contributed by atoms with van der Waals surface area (Å²) >= 11 is 0. The van der Waals surface area contributed by atoms with Crippen molar-refractivity contribution in [3.8, 4) is 0 Å². The lowest BCUT2D eigenvalue weighted by molar-refractivity contribution is 0.607. The molecule has 1 aromatic carbocycles. The van der Waals surface area contributed by atoms with Gasteiger partial charge >= 0.3 is 0 Å². The van der Waals surface area contributed by atoms with Crippen molar-refractivity contribution < 1.29 is 4.39 Å². The van der Waals surface area contributed by atoms with Crippen LogP contribution < -0.4 is 10.6 Å². The molecule has 0 heterocycles. The van der Waals surface area contributed by atoms with Crippen LogP contribution in [-0.4, -0.2) is 25.1 Å². The van der Waals surface area contributed by atoms with Crippen molar-refractivity contribution in [1.82, 2.24) is 10.6 Å². The van der Waals surface area contributed by atoms with Crippen LogP contribution in [0.1, 0.15) is 37.7 Å². The first-order chi connectivity index (χ1) is 9.78. The van der Waals surface area contributed by atoms with Gasteiger partial charge in [0.15, 0.2) is 5.96 Å². The fourth-order valence-electron chi connectivity index (χ4n) is 2.49. The van der Waals surface area contributed by atoms with Crippen LogP contribution in [0.5, 0.6) is 0 Å². The van der Waals surface area contributed by atoms with Gasteiger partial charge in [0.2, 0.25) is 0 Å². The van der Waals surface area contributed by atoms with E-state index in [2.05, 4.69) is 22.5 Å². The average Bonchev–Trinajstić information content (AvgIpc) is 3.33. The summed E-state index contributed by atoms with van der Waals surface area (Å²) in [5.74, 6) is 1.85. The summed E-state index contributed by atoms with van der Waals surface area (Å²) in [6, 6.07) is 7.38. The molecule has 2 aliphatic carbocycles. The highest BCUT2D eigenvalue weighted by Crippen LogP contribution is 2.41. The van der Waals surface area contributed by atoms with Crippen LogP contribution in [0.25, 0.3) is 0 Å². The number of nitrogens with zero attached hydrogens (tertiary/aromatic N) is 1. The minimum Gasteiger partial charge on any atom is -0.357 e. The Labute approximate surface area is 142 Å². The van der Waals surface area contributed by atoms with Gasteiger partial charge in [-0.25, -0.2) is 4.39 Å². The van der Waals surface area contributed by atoms with Crippen LogP contribution in [0.3, 0.4) is 0 Å². The number of hydrogen-bond acceptors (Lipinski definition) is 1. The Morgan fingerprint density at radius 1 is 1.33 bits per heavy atom. The highest BCUT2D eigenvalue weighted by atomic mass is 127. The van der Waals surface area contributed by atoms with Crippen molar-refractivity contribution in [2.24, 2.45) is 10.9 Å². The molecule has 0 spiro atoms. The Morgan fingerprint density at radius 3 is 2.76 bits per heavy atom. The van der Waals surface area contributed by atoms with Gasteiger partial charge in [-0.15, -0.1) is 24.0 Å². The first-order valence-corrected chi connectivity index (χ1v) is 7.57. The molecule has 0 aromatic heterocycles. The van der Waals surface area contributed by atoms with Gasteiger partial charge in [-0.2, -0.15) is 0 Å². The summed E-state index contributed by atoms with van der Waals surface area (Å²) < 4.78 is 13.7. The predicted molar refractivity (Wildman–Crippen MR) is 94.8 cm³/mol. The minimum absolute atomic E-state index is 0. The molecule has 5 heteroatoms.